The maximum Gasteiger partial charge on any atom is 0.0406 e. The highest BCUT2D eigenvalue weighted by Crippen LogP contribution is 2.16. The highest BCUT2D eigenvalue weighted by atomic mass is 14.7. The van der Waals surface area contributed by atoms with E-state index in [1.165, 1.54) is 5.56 Å². The molecule has 0 radical (unpaired) electrons. The Kier molecular flexibility index (Phi) is 3.46. The Labute approximate surface area is 85.2 Å². The second-order valence-corrected chi connectivity index (χ2v) is 3.26. The van der Waals surface area contributed by atoms with Crippen LogP contribution >= 0.6 is 0 Å². The Balaban J connectivity index is 3.15. The zero-order valence-electron chi connectivity index (χ0n) is 8.91. The van der Waals surface area contributed by atoms with Crippen molar-refractivity contribution in [3.05, 3.63) is 41.6 Å². The summed E-state index contributed by atoms with van der Waals surface area (Å²) in [6.07, 6.45) is 1.61. The van der Waals surface area contributed by atoms with Crippen molar-refractivity contribution >= 4 is 11.3 Å². The minimum absolute atomic E-state index is 0.957. The van der Waals surface area contributed by atoms with E-state index < -0.39 is 0 Å². The summed E-state index contributed by atoms with van der Waals surface area (Å²) in [4.78, 5) is 4.13. The van der Waals surface area contributed by atoms with Crippen LogP contribution in [0.25, 0.3) is 5.57 Å². The Hall–Kier alpha value is -1.57. The molecule has 0 fully saturated rings. The highest BCUT2D eigenvalue weighted by molar-refractivity contribution is 6.22. The van der Waals surface area contributed by atoms with Gasteiger partial charge in [0, 0.05) is 24.5 Å². The molecule has 0 heterocycles. The van der Waals surface area contributed by atoms with Crippen molar-refractivity contribution in [1.82, 2.24) is 0 Å². The van der Waals surface area contributed by atoms with Gasteiger partial charge in [0.15, 0.2) is 0 Å². The fourth-order valence-electron chi connectivity index (χ4n) is 1.36. The van der Waals surface area contributed by atoms with Crippen molar-refractivity contribution in [1.29, 1.82) is 0 Å². The summed E-state index contributed by atoms with van der Waals surface area (Å²) in [7, 11) is 1.77. The molecule has 0 atom stereocenters. The van der Waals surface area contributed by atoms with Crippen LogP contribution in [0, 0.1) is 6.92 Å². The second kappa shape index (κ2) is 4.61. The predicted molar refractivity (Wildman–Crippen MR) is 62.4 cm³/mol. The third-order valence-electron chi connectivity index (χ3n) is 2.22. The molecule has 0 amide bonds. The molecular formula is C12H16N2. The normalized spacial score (nSPS) is 13.1. The van der Waals surface area contributed by atoms with Crippen LogP contribution < -0.4 is 5.73 Å². The van der Waals surface area contributed by atoms with Crippen LogP contribution in [0.2, 0.25) is 0 Å². The Morgan fingerprint density at radius 3 is 2.64 bits per heavy atom. The largest absolute Gasteiger partial charge is 0.404 e. The monoisotopic (exact) mass is 188 g/mol. The highest BCUT2D eigenvalue weighted by Gasteiger charge is 2.03. The topological polar surface area (TPSA) is 38.4 Å². The fourth-order valence-corrected chi connectivity index (χ4v) is 1.36. The first kappa shape index (κ1) is 10.5. The van der Waals surface area contributed by atoms with Crippen LogP contribution in [0.1, 0.15) is 18.1 Å². The number of hydrogen-bond acceptors (Lipinski definition) is 2. The molecule has 1 aromatic carbocycles. The maximum absolute atomic E-state index is 5.59. The zero-order valence-corrected chi connectivity index (χ0v) is 8.91. The standard InChI is InChI=1S/C12H16N2/c1-9-5-4-6-11(7-9)12(8-13)10(2)14-3/h4-8H,13H2,1-3H3/b12-8+,14-10?. The average Bonchev–Trinajstić information content (AvgIpc) is 2.19. The molecule has 74 valence electrons. The van der Waals surface area contributed by atoms with Crippen LogP contribution in [0.4, 0.5) is 0 Å². The van der Waals surface area contributed by atoms with Gasteiger partial charge in [-0.1, -0.05) is 29.8 Å². The SMILES string of the molecule is CN=C(C)/C(=C\N)c1cccc(C)c1. The lowest BCUT2D eigenvalue weighted by molar-refractivity contribution is 1.41. The minimum atomic E-state index is 0.957. The van der Waals surface area contributed by atoms with Gasteiger partial charge in [0.2, 0.25) is 0 Å². The van der Waals surface area contributed by atoms with Crippen molar-refractivity contribution in [3.8, 4) is 0 Å². The zero-order chi connectivity index (χ0) is 10.6. The van der Waals surface area contributed by atoms with E-state index in [-0.39, 0.29) is 0 Å². The van der Waals surface area contributed by atoms with Gasteiger partial charge in [0.25, 0.3) is 0 Å². The quantitative estimate of drug-likeness (QED) is 0.711. The number of hydrogen-bond donors (Lipinski definition) is 1. The van der Waals surface area contributed by atoms with Crippen molar-refractivity contribution in [2.75, 3.05) is 7.05 Å². The van der Waals surface area contributed by atoms with Crippen molar-refractivity contribution in [2.24, 2.45) is 10.7 Å². The summed E-state index contributed by atoms with van der Waals surface area (Å²) < 4.78 is 0. The van der Waals surface area contributed by atoms with Gasteiger partial charge in [-0.3, -0.25) is 4.99 Å². The average molecular weight is 188 g/mol. The van der Waals surface area contributed by atoms with Gasteiger partial charge >= 0.3 is 0 Å². The van der Waals surface area contributed by atoms with E-state index in [9.17, 15) is 0 Å². The molecule has 0 unspecified atom stereocenters. The molecule has 2 heteroatoms. The Morgan fingerprint density at radius 2 is 2.14 bits per heavy atom. The number of allylic oxidation sites excluding steroid dienone is 1. The molecule has 1 aromatic rings. The summed E-state index contributed by atoms with van der Waals surface area (Å²) in [5.74, 6) is 0. The van der Waals surface area contributed by atoms with Gasteiger partial charge in [-0.2, -0.15) is 0 Å². The van der Waals surface area contributed by atoms with E-state index in [0.717, 1.165) is 16.8 Å². The van der Waals surface area contributed by atoms with E-state index in [1.54, 1.807) is 13.2 Å². The van der Waals surface area contributed by atoms with Crippen LogP contribution in [0.3, 0.4) is 0 Å². The fraction of sp³-hybridized carbons (Fsp3) is 0.250. The number of aryl methyl sites for hydroxylation is 1. The molecule has 0 aliphatic rings. The Bertz CT molecular complexity index is 376. The van der Waals surface area contributed by atoms with E-state index in [2.05, 4.69) is 24.0 Å². The number of rotatable bonds is 2. The van der Waals surface area contributed by atoms with E-state index >= 15 is 0 Å². The first-order chi connectivity index (χ1) is 6.69. The van der Waals surface area contributed by atoms with Crippen LogP contribution in [-0.2, 0) is 0 Å². The minimum Gasteiger partial charge on any atom is -0.404 e. The third-order valence-corrected chi connectivity index (χ3v) is 2.22. The number of benzene rings is 1. The van der Waals surface area contributed by atoms with Gasteiger partial charge in [0.1, 0.15) is 0 Å². The summed E-state index contributed by atoms with van der Waals surface area (Å²) >= 11 is 0. The van der Waals surface area contributed by atoms with E-state index in [0.29, 0.717) is 0 Å². The molecule has 2 nitrogen and oxygen atoms in total. The second-order valence-electron chi connectivity index (χ2n) is 3.26. The predicted octanol–water partition coefficient (Wildman–Crippen LogP) is 2.39. The molecule has 1 rings (SSSR count). The lowest BCUT2D eigenvalue weighted by Gasteiger charge is -2.06. The van der Waals surface area contributed by atoms with Crippen molar-refractivity contribution in [2.45, 2.75) is 13.8 Å². The third kappa shape index (κ3) is 2.22. The number of aliphatic imine (C=N–C) groups is 1. The van der Waals surface area contributed by atoms with Crippen molar-refractivity contribution < 1.29 is 0 Å². The molecule has 0 spiro atoms. The number of nitrogens with two attached hydrogens (primary N) is 1. The van der Waals surface area contributed by atoms with Gasteiger partial charge in [-0.15, -0.1) is 0 Å². The van der Waals surface area contributed by atoms with Crippen molar-refractivity contribution in [3.63, 3.8) is 0 Å². The molecule has 0 aromatic heterocycles. The summed E-state index contributed by atoms with van der Waals surface area (Å²) in [5, 5.41) is 0. The van der Waals surface area contributed by atoms with Gasteiger partial charge in [0.05, 0.1) is 0 Å². The lowest BCUT2D eigenvalue weighted by atomic mass is 10.0. The van der Waals surface area contributed by atoms with Gasteiger partial charge < -0.3 is 5.73 Å². The first-order valence-electron chi connectivity index (χ1n) is 4.61. The molecule has 14 heavy (non-hydrogen) atoms. The molecule has 2 N–H and O–H groups in total. The van der Waals surface area contributed by atoms with E-state index in [4.69, 9.17) is 5.73 Å². The number of nitrogens with zero attached hydrogens (tertiary/aromatic N) is 1. The first-order valence-corrected chi connectivity index (χ1v) is 4.61. The molecule has 0 saturated carbocycles. The molecule has 0 saturated heterocycles. The van der Waals surface area contributed by atoms with Gasteiger partial charge in [-0.05, 0) is 19.4 Å². The van der Waals surface area contributed by atoms with Crippen LogP contribution in [0.15, 0.2) is 35.5 Å². The van der Waals surface area contributed by atoms with Gasteiger partial charge in [-0.25, -0.2) is 0 Å². The lowest BCUT2D eigenvalue weighted by Crippen LogP contribution is -2.00. The molecular weight excluding hydrogens is 172 g/mol. The Morgan fingerprint density at radius 1 is 1.43 bits per heavy atom. The molecule has 0 bridgehead atoms. The van der Waals surface area contributed by atoms with Crippen LogP contribution in [0.5, 0.6) is 0 Å². The van der Waals surface area contributed by atoms with Crippen LogP contribution in [-0.4, -0.2) is 12.8 Å². The summed E-state index contributed by atoms with van der Waals surface area (Å²) in [6, 6.07) is 8.24. The summed E-state index contributed by atoms with van der Waals surface area (Å²) in [5.41, 5.74) is 9.89. The maximum atomic E-state index is 5.59. The van der Waals surface area contributed by atoms with E-state index in [1.807, 2.05) is 19.1 Å². The summed E-state index contributed by atoms with van der Waals surface area (Å²) in [6.45, 7) is 4.02. The molecule has 0 aliphatic heterocycles. The smallest absolute Gasteiger partial charge is 0.0406 e. The molecule has 0 aliphatic carbocycles.